The molecule has 2 aliphatic carbocycles. The summed E-state index contributed by atoms with van der Waals surface area (Å²) >= 11 is 0. The molecule has 0 saturated heterocycles. The number of carboxylic acids is 1. The molecule has 0 heterocycles. The zero-order valence-corrected chi connectivity index (χ0v) is 19.1. The van der Waals surface area contributed by atoms with Crippen LogP contribution in [0, 0.1) is 5.92 Å². The number of carbonyl (C=O) groups excluding carboxylic acids is 2. The van der Waals surface area contributed by atoms with Crippen molar-refractivity contribution >= 4 is 18.0 Å². The molecule has 2 aromatic carbocycles. The Morgan fingerprint density at radius 1 is 1.00 bits per heavy atom. The normalized spacial score (nSPS) is 21.0. The number of fused-ring (bicyclic) bond motifs is 3. The number of nitrogens with one attached hydrogen (secondary N) is 2. The Hall–Kier alpha value is -3.39. The number of alkyl carbamates (subject to hydrolysis) is 1. The van der Waals surface area contributed by atoms with Gasteiger partial charge in [0.1, 0.15) is 6.61 Å². The summed E-state index contributed by atoms with van der Waals surface area (Å²) in [6.07, 6.45) is 0.918. The third kappa shape index (κ3) is 4.92. The maximum absolute atomic E-state index is 12.8. The Morgan fingerprint density at radius 3 is 2.18 bits per heavy atom. The number of rotatable bonds is 7. The molecule has 180 valence electrons. The van der Waals surface area contributed by atoms with Crippen LogP contribution in [0.1, 0.15) is 49.7 Å². The molecule has 8 nitrogen and oxygen atoms in total. The maximum Gasteiger partial charge on any atom is 0.407 e. The third-order valence-corrected chi connectivity index (χ3v) is 6.80. The highest BCUT2D eigenvalue weighted by Gasteiger charge is 2.36. The summed E-state index contributed by atoms with van der Waals surface area (Å²) < 4.78 is 5.61. The largest absolute Gasteiger partial charge is 0.480 e. The first-order valence-corrected chi connectivity index (χ1v) is 11.7. The van der Waals surface area contributed by atoms with Crippen LogP contribution in [0.5, 0.6) is 0 Å². The first-order chi connectivity index (χ1) is 16.4. The van der Waals surface area contributed by atoms with Crippen LogP contribution in [0.4, 0.5) is 4.79 Å². The van der Waals surface area contributed by atoms with E-state index in [0.717, 1.165) is 35.1 Å². The van der Waals surface area contributed by atoms with Crippen molar-refractivity contribution in [2.45, 2.75) is 56.7 Å². The number of hydrogen-bond acceptors (Lipinski definition) is 5. The van der Waals surface area contributed by atoms with E-state index in [4.69, 9.17) is 4.74 Å². The number of ether oxygens (including phenoxy) is 1. The number of carbonyl (C=O) groups is 3. The molecule has 1 saturated carbocycles. The quantitative estimate of drug-likeness (QED) is 0.497. The summed E-state index contributed by atoms with van der Waals surface area (Å²) in [6, 6.07) is 14.3. The molecule has 2 amide bonds. The van der Waals surface area contributed by atoms with Crippen molar-refractivity contribution in [1.29, 1.82) is 0 Å². The molecule has 2 aromatic rings. The van der Waals surface area contributed by atoms with Gasteiger partial charge in [-0.05, 0) is 42.0 Å². The molecule has 0 spiro atoms. The third-order valence-electron chi connectivity index (χ3n) is 6.80. The fraction of sp³-hybridized carbons (Fsp3) is 0.423. The lowest BCUT2D eigenvalue weighted by Crippen LogP contribution is -2.54. The predicted molar refractivity (Wildman–Crippen MR) is 125 cm³/mol. The fourth-order valence-electron chi connectivity index (χ4n) is 5.06. The van der Waals surface area contributed by atoms with E-state index in [9.17, 15) is 24.6 Å². The van der Waals surface area contributed by atoms with E-state index in [-0.39, 0.29) is 12.5 Å². The zero-order valence-electron chi connectivity index (χ0n) is 19.1. The lowest BCUT2D eigenvalue weighted by atomic mass is 9.83. The maximum atomic E-state index is 12.8. The van der Waals surface area contributed by atoms with E-state index in [2.05, 4.69) is 22.8 Å². The molecule has 1 fully saturated rings. The van der Waals surface area contributed by atoms with Crippen molar-refractivity contribution in [1.82, 2.24) is 10.6 Å². The molecule has 4 rings (SSSR count). The van der Waals surface area contributed by atoms with Gasteiger partial charge in [-0.25, -0.2) is 9.59 Å². The van der Waals surface area contributed by atoms with Gasteiger partial charge in [0.2, 0.25) is 5.91 Å². The van der Waals surface area contributed by atoms with Crippen molar-refractivity contribution < 1.29 is 29.3 Å². The van der Waals surface area contributed by atoms with Crippen LogP contribution >= 0.6 is 0 Å². The van der Waals surface area contributed by atoms with Crippen LogP contribution < -0.4 is 10.6 Å². The van der Waals surface area contributed by atoms with E-state index in [0.29, 0.717) is 12.8 Å². The average Bonchev–Trinajstić information content (AvgIpc) is 3.14. The van der Waals surface area contributed by atoms with Crippen LogP contribution in [0.15, 0.2) is 48.5 Å². The van der Waals surface area contributed by atoms with E-state index in [1.807, 2.05) is 36.4 Å². The minimum absolute atomic E-state index is 0.0639. The van der Waals surface area contributed by atoms with E-state index < -0.39 is 42.1 Å². The molecule has 0 aliphatic heterocycles. The molecule has 34 heavy (non-hydrogen) atoms. The van der Waals surface area contributed by atoms with Crippen LogP contribution in [-0.4, -0.2) is 53.0 Å². The minimum Gasteiger partial charge on any atom is -0.480 e. The van der Waals surface area contributed by atoms with Gasteiger partial charge < -0.3 is 25.6 Å². The molecular formula is C26H30N2O6. The topological polar surface area (TPSA) is 125 Å². The highest BCUT2D eigenvalue weighted by atomic mass is 16.5. The monoisotopic (exact) mass is 466 g/mol. The number of aliphatic hydroxyl groups is 1. The summed E-state index contributed by atoms with van der Waals surface area (Å²) in [7, 11) is 0. The number of aliphatic hydroxyl groups excluding tert-OH is 1. The molecule has 0 aromatic heterocycles. The Labute approximate surface area is 198 Å². The van der Waals surface area contributed by atoms with Crippen LogP contribution in [-0.2, 0) is 14.3 Å². The SMILES string of the molecule is CC(O)C(NC(=O)[C@@H]1CCCC[C@@H]1NC(=O)OCC1c2ccccc2-c2ccccc21)C(=O)O. The van der Waals surface area contributed by atoms with E-state index in [1.54, 1.807) is 0 Å². The molecule has 0 radical (unpaired) electrons. The second kappa shape index (κ2) is 10.3. The fourth-order valence-corrected chi connectivity index (χ4v) is 5.06. The van der Waals surface area contributed by atoms with Gasteiger partial charge in [0.25, 0.3) is 0 Å². The summed E-state index contributed by atoms with van der Waals surface area (Å²) in [5.74, 6) is -2.45. The van der Waals surface area contributed by atoms with Crippen LogP contribution in [0.25, 0.3) is 11.1 Å². The predicted octanol–water partition coefficient (Wildman–Crippen LogP) is 3.03. The first kappa shape index (κ1) is 23.8. The lowest BCUT2D eigenvalue weighted by Gasteiger charge is -2.32. The molecule has 0 bridgehead atoms. The van der Waals surface area contributed by atoms with Gasteiger partial charge in [0.15, 0.2) is 6.04 Å². The second-order valence-corrected chi connectivity index (χ2v) is 9.03. The van der Waals surface area contributed by atoms with Gasteiger partial charge >= 0.3 is 12.1 Å². The van der Waals surface area contributed by atoms with Crippen molar-refractivity contribution in [2.24, 2.45) is 5.92 Å². The Balaban J connectivity index is 1.39. The molecule has 4 atom stereocenters. The highest BCUT2D eigenvalue weighted by Crippen LogP contribution is 2.44. The Morgan fingerprint density at radius 2 is 1.59 bits per heavy atom. The molecule has 2 aliphatic rings. The van der Waals surface area contributed by atoms with Gasteiger partial charge in [-0.2, -0.15) is 0 Å². The van der Waals surface area contributed by atoms with E-state index >= 15 is 0 Å². The van der Waals surface area contributed by atoms with Gasteiger partial charge in [-0.1, -0.05) is 61.4 Å². The number of benzene rings is 2. The van der Waals surface area contributed by atoms with E-state index in [1.165, 1.54) is 6.92 Å². The second-order valence-electron chi connectivity index (χ2n) is 9.03. The zero-order chi connectivity index (χ0) is 24.2. The van der Waals surface area contributed by atoms with Crippen molar-refractivity contribution in [3.63, 3.8) is 0 Å². The average molecular weight is 467 g/mol. The highest BCUT2D eigenvalue weighted by molar-refractivity contribution is 5.86. The van der Waals surface area contributed by atoms with Crippen molar-refractivity contribution in [2.75, 3.05) is 6.61 Å². The van der Waals surface area contributed by atoms with Gasteiger partial charge in [-0.3, -0.25) is 4.79 Å². The van der Waals surface area contributed by atoms with Crippen LogP contribution in [0.2, 0.25) is 0 Å². The molecule has 8 heteroatoms. The molecule has 4 N–H and O–H groups in total. The molecule has 2 unspecified atom stereocenters. The summed E-state index contributed by atoms with van der Waals surface area (Å²) in [5, 5.41) is 24.1. The van der Waals surface area contributed by atoms with Gasteiger partial charge in [0, 0.05) is 12.0 Å². The number of amides is 2. The summed E-state index contributed by atoms with van der Waals surface area (Å²) in [5.41, 5.74) is 4.51. The van der Waals surface area contributed by atoms with Gasteiger partial charge in [-0.15, -0.1) is 0 Å². The number of carboxylic acid groups (broad SMARTS) is 1. The van der Waals surface area contributed by atoms with Crippen molar-refractivity contribution in [3.8, 4) is 11.1 Å². The lowest BCUT2D eigenvalue weighted by molar-refractivity contribution is -0.145. The standard InChI is InChI=1S/C26H30N2O6/c1-15(29)23(25(31)32)28-24(30)20-12-6-7-13-22(20)27-26(33)34-14-21-18-10-4-2-8-16(18)17-9-3-5-11-19(17)21/h2-5,8-11,15,20-23,29H,6-7,12-14H2,1H3,(H,27,33)(H,28,30)(H,31,32)/t15?,20-,22+,23?/m1/s1. The summed E-state index contributed by atoms with van der Waals surface area (Å²) in [4.78, 5) is 36.8. The summed E-state index contributed by atoms with van der Waals surface area (Å²) in [6.45, 7) is 1.49. The Bertz CT molecular complexity index is 1020. The smallest absolute Gasteiger partial charge is 0.407 e. The van der Waals surface area contributed by atoms with Crippen molar-refractivity contribution in [3.05, 3.63) is 59.7 Å². The first-order valence-electron chi connectivity index (χ1n) is 11.7. The van der Waals surface area contributed by atoms with Gasteiger partial charge in [0.05, 0.1) is 12.0 Å². The number of hydrogen-bond donors (Lipinski definition) is 4. The minimum atomic E-state index is -1.40. The number of aliphatic carboxylic acids is 1. The van der Waals surface area contributed by atoms with Crippen LogP contribution in [0.3, 0.4) is 0 Å². The Kier molecular flexibility index (Phi) is 7.17. The molecular weight excluding hydrogens is 436 g/mol.